The number of aryl methyl sites for hydroxylation is 2. The number of thioether (sulfide) groups is 1. The van der Waals surface area contributed by atoms with Gasteiger partial charge in [-0.2, -0.15) is 0 Å². The molecule has 2 bridgehead atoms. The first-order valence-electron chi connectivity index (χ1n) is 16.1. The number of amides is 3. The van der Waals surface area contributed by atoms with Gasteiger partial charge >= 0.3 is 4.87 Å². The highest BCUT2D eigenvalue weighted by Crippen LogP contribution is 2.69. The molecular weight excluding hydrogens is 647 g/mol. The van der Waals surface area contributed by atoms with Crippen molar-refractivity contribution in [2.24, 2.45) is 29.6 Å². The average molecular weight is 682 g/mol. The first-order chi connectivity index (χ1) is 23.2. The number of aromatic nitrogens is 1. The summed E-state index contributed by atoms with van der Waals surface area (Å²) in [5.41, 5.74) is 4.38. The quantitative estimate of drug-likeness (QED) is 0.244. The van der Waals surface area contributed by atoms with Gasteiger partial charge in [0.1, 0.15) is 6.54 Å². The van der Waals surface area contributed by atoms with Crippen LogP contribution in [0, 0.1) is 43.4 Å². The van der Waals surface area contributed by atoms with E-state index in [0.29, 0.717) is 22.9 Å². The molecule has 0 radical (unpaired) electrons. The zero-order chi connectivity index (χ0) is 33.4. The van der Waals surface area contributed by atoms with Crippen LogP contribution in [0.25, 0.3) is 0 Å². The molecule has 7 unspecified atom stereocenters. The summed E-state index contributed by atoms with van der Waals surface area (Å²) in [6.45, 7) is 3.84. The zero-order valence-corrected chi connectivity index (χ0v) is 28.6. The summed E-state index contributed by atoms with van der Waals surface area (Å²) < 4.78 is 12.8. The molecule has 9 nitrogen and oxygen atoms in total. The van der Waals surface area contributed by atoms with Crippen molar-refractivity contribution in [3.8, 4) is 11.5 Å². The van der Waals surface area contributed by atoms with E-state index in [1.807, 2.05) is 80.6 Å². The van der Waals surface area contributed by atoms with Crippen LogP contribution in [0.2, 0.25) is 0 Å². The fourth-order valence-electron chi connectivity index (χ4n) is 8.60. The van der Waals surface area contributed by atoms with Gasteiger partial charge in [0.05, 0.1) is 36.8 Å². The lowest BCUT2D eigenvalue weighted by Gasteiger charge is -2.43. The Hall–Kier alpha value is -4.35. The van der Waals surface area contributed by atoms with Crippen LogP contribution in [0.15, 0.2) is 76.6 Å². The number of imide groups is 1. The molecule has 3 amide bonds. The van der Waals surface area contributed by atoms with Gasteiger partial charge in [0.25, 0.3) is 0 Å². The van der Waals surface area contributed by atoms with Gasteiger partial charge in [0, 0.05) is 21.7 Å². The van der Waals surface area contributed by atoms with E-state index in [4.69, 9.17) is 9.47 Å². The highest BCUT2D eigenvalue weighted by atomic mass is 32.2. The molecule has 1 N–H and O–H groups in total. The average Bonchev–Trinajstić information content (AvgIpc) is 3.80. The maximum atomic E-state index is 14.1. The van der Waals surface area contributed by atoms with Crippen molar-refractivity contribution >= 4 is 52.2 Å². The van der Waals surface area contributed by atoms with E-state index in [9.17, 15) is 19.2 Å². The molecule has 2 saturated carbocycles. The van der Waals surface area contributed by atoms with Crippen LogP contribution < -0.4 is 24.6 Å². The first-order valence-corrected chi connectivity index (χ1v) is 17.8. The Balaban J connectivity index is 1.20. The second-order valence-electron chi connectivity index (χ2n) is 13.3. The van der Waals surface area contributed by atoms with Crippen molar-refractivity contribution in [2.75, 3.05) is 24.4 Å². The Morgan fingerprint density at radius 3 is 2.17 bits per heavy atom. The smallest absolute Gasteiger partial charge is 0.308 e. The van der Waals surface area contributed by atoms with Gasteiger partial charge in [0.15, 0.2) is 11.5 Å². The van der Waals surface area contributed by atoms with Crippen molar-refractivity contribution < 1.29 is 23.9 Å². The van der Waals surface area contributed by atoms with E-state index in [1.165, 1.54) is 16.2 Å². The summed E-state index contributed by atoms with van der Waals surface area (Å²) in [6.07, 6.45) is 0.772. The van der Waals surface area contributed by atoms with Crippen molar-refractivity contribution in [3.05, 3.63) is 98.0 Å². The molecule has 8 rings (SSSR count). The minimum Gasteiger partial charge on any atom is -0.493 e. The van der Waals surface area contributed by atoms with Gasteiger partial charge in [0.2, 0.25) is 17.7 Å². The molecule has 48 heavy (non-hydrogen) atoms. The number of fused-ring (bicyclic) bond motifs is 9. The summed E-state index contributed by atoms with van der Waals surface area (Å²) in [6, 6.07) is 20.9. The zero-order valence-electron chi connectivity index (χ0n) is 27.0. The number of thiazole rings is 1. The molecule has 246 valence electrons. The summed E-state index contributed by atoms with van der Waals surface area (Å²) in [4.78, 5) is 57.3. The van der Waals surface area contributed by atoms with Gasteiger partial charge in [-0.15, -0.1) is 11.8 Å². The fourth-order valence-corrected chi connectivity index (χ4v) is 11.7. The van der Waals surface area contributed by atoms with E-state index < -0.39 is 11.8 Å². The van der Waals surface area contributed by atoms with Crippen molar-refractivity contribution in [1.29, 1.82) is 0 Å². The molecule has 2 aliphatic heterocycles. The minimum absolute atomic E-state index is 0.00875. The van der Waals surface area contributed by atoms with Crippen LogP contribution in [-0.4, -0.2) is 41.8 Å². The number of benzene rings is 3. The summed E-state index contributed by atoms with van der Waals surface area (Å²) in [5, 5.41) is 3.68. The molecule has 2 aliphatic carbocycles. The van der Waals surface area contributed by atoms with Crippen LogP contribution in [-0.2, 0) is 20.9 Å². The standard InChI is InChI=1S/C37H35N3O6S2/c1-18-5-10-21(11-6-18)38-27(41)17-39-36-33(48-37(39)44)28(20-9-14-25(45-3)26(15-20)46-4)29-23-16-24(32(29)47-36)31-30(23)34(42)40(35(31)43)22-12-7-19(2)8-13-22/h5-15,23-24,28-32H,16-17H2,1-4H3,(H,38,41). The molecule has 1 aromatic heterocycles. The first kappa shape index (κ1) is 31.0. The number of hydrogen-bond acceptors (Lipinski definition) is 8. The Kier molecular flexibility index (Phi) is 7.52. The molecule has 3 heterocycles. The van der Waals surface area contributed by atoms with Gasteiger partial charge in [-0.1, -0.05) is 52.8 Å². The lowest BCUT2D eigenvalue weighted by molar-refractivity contribution is -0.123. The predicted octanol–water partition coefficient (Wildman–Crippen LogP) is 5.86. The van der Waals surface area contributed by atoms with Crippen LogP contribution >= 0.6 is 23.1 Å². The third kappa shape index (κ3) is 4.73. The number of carbonyl (C=O) groups is 3. The number of rotatable bonds is 7. The number of ether oxygens (including phenoxy) is 2. The lowest BCUT2D eigenvalue weighted by Crippen LogP contribution is -2.43. The minimum atomic E-state index is -0.409. The van der Waals surface area contributed by atoms with Gasteiger partial charge in [-0.05, 0) is 80.0 Å². The fraction of sp³-hybridized carbons (Fsp3) is 0.351. The van der Waals surface area contributed by atoms with Crippen LogP contribution in [0.4, 0.5) is 11.4 Å². The summed E-state index contributed by atoms with van der Waals surface area (Å²) >= 11 is 2.78. The molecule has 11 heteroatoms. The van der Waals surface area contributed by atoms with Crippen LogP contribution in [0.1, 0.15) is 33.9 Å². The monoisotopic (exact) mass is 681 g/mol. The van der Waals surface area contributed by atoms with E-state index in [-0.39, 0.29) is 58.1 Å². The number of nitrogens with one attached hydrogen (secondary N) is 1. The molecule has 4 aliphatic rings. The maximum Gasteiger partial charge on any atom is 0.308 e. The topological polar surface area (TPSA) is 107 Å². The third-order valence-electron chi connectivity index (χ3n) is 10.6. The van der Waals surface area contributed by atoms with Crippen LogP contribution in [0.5, 0.6) is 11.5 Å². The van der Waals surface area contributed by atoms with Crippen molar-refractivity contribution in [2.45, 2.75) is 43.0 Å². The number of anilines is 2. The Morgan fingerprint density at radius 1 is 0.854 bits per heavy atom. The van der Waals surface area contributed by atoms with Crippen LogP contribution in [0.3, 0.4) is 0 Å². The van der Waals surface area contributed by atoms with E-state index >= 15 is 0 Å². The third-order valence-corrected chi connectivity index (χ3v) is 13.4. The largest absolute Gasteiger partial charge is 0.493 e. The number of nitrogens with zero attached hydrogens (tertiary/aromatic N) is 2. The second-order valence-corrected chi connectivity index (χ2v) is 15.4. The van der Waals surface area contributed by atoms with Crippen molar-refractivity contribution in [1.82, 2.24) is 4.57 Å². The molecule has 3 aromatic carbocycles. The summed E-state index contributed by atoms with van der Waals surface area (Å²) in [5.74, 6) is -0.475. The molecular formula is C37H35N3O6S2. The number of hydrogen-bond donors (Lipinski definition) is 1. The van der Waals surface area contributed by atoms with E-state index in [2.05, 4.69) is 5.32 Å². The number of carbonyl (C=O) groups excluding carboxylic acids is 3. The maximum absolute atomic E-state index is 14.1. The van der Waals surface area contributed by atoms with Gasteiger partial charge < -0.3 is 14.8 Å². The van der Waals surface area contributed by atoms with E-state index in [0.717, 1.165) is 33.0 Å². The molecule has 7 atom stereocenters. The Bertz CT molecular complexity index is 2020. The highest BCUT2D eigenvalue weighted by Gasteiger charge is 2.69. The van der Waals surface area contributed by atoms with Crippen molar-refractivity contribution in [3.63, 3.8) is 0 Å². The van der Waals surface area contributed by atoms with Gasteiger partial charge in [-0.25, -0.2) is 0 Å². The Morgan fingerprint density at radius 2 is 1.50 bits per heavy atom. The molecule has 1 saturated heterocycles. The van der Waals surface area contributed by atoms with Gasteiger partial charge in [-0.3, -0.25) is 28.6 Å². The normalized spacial score (nSPS) is 26.7. The summed E-state index contributed by atoms with van der Waals surface area (Å²) in [7, 11) is 3.19. The van der Waals surface area contributed by atoms with E-state index in [1.54, 1.807) is 30.5 Å². The Labute approximate surface area is 286 Å². The SMILES string of the molecule is COc1ccc(C2c3sc(=O)n(CC(=O)Nc4ccc(C)cc4)c3SC3C4CC(C5C(=O)N(c6ccc(C)cc6)C(=O)C45)C23)cc1OC. The molecule has 4 aromatic rings. The lowest BCUT2D eigenvalue weighted by atomic mass is 9.68. The highest BCUT2D eigenvalue weighted by molar-refractivity contribution is 8.00. The second kappa shape index (κ2) is 11.7. The molecule has 3 fully saturated rings. The number of methoxy groups -OCH3 is 2. The predicted molar refractivity (Wildman–Crippen MR) is 185 cm³/mol. The molecule has 0 spiro atoms.